The zero-order chi connectivity index (χ0) is 29.1. The number of aliphatic hydroxyl groups is 1. The van der Waals surface area contributed by atoms with E-state index in [2.05, 4.69) is 0 Å². The summed E-state index contributed by atoms with van der Waals surface area (Å²) < 4.78 is 24.6. The van der Waals surface area contributed by atoms with Crippen LogP contribution in [0.3, 0.4) is 0 Å². The number of carbonyl (C=O) groups excluding carboxylic acids is 4. The van der Waals surface area contributed by atoms with E-state index in [9.17, 15) is 24.3 Å². The Bertz CT molecular complexity index is 1340. The summed E-state index contributed by atoms with van der Waals surface area (Å²) in [6.45, 7) is 7.86. The van der Waals surface area contributed by atoms with Gasteiger partial charge in [-0.2, -0.15) is 0 Å². The van der Waals surface area contributed by atoms with E-state index >= 15 is 0 Å². The molecule has 40 heavy (non-hydrogen) atoms. The third kappa shape index (κ3) is 4.06. The van der Waals surface area contributed by atoms with Crippen molar-refractivity contribution in [3.05, 3.63) is 71.8 Å². The van der Waals surface area contributed by atoms with Gasteiger partial charge in [-0.3, -0.25) is 9.59 Å². The van der Waals surface area contributed by atoms with Gasteiger partial charge in [-0.15, -0.1) is 0 Å². The summed E-state index contributed by atoms with van der Waals surface area (Å²) in [4.78, 5) is 52.6. The molecule has 2 aromatic carbocycles. The third-order valence-corrected chi connectivity index (χ3v) is 8.96. The molecule has 9 nitrogen and oxygen atoms in total. The number of hydrogen-bond acceptors (Lipinski definition) is 9. The van der Waals surface area contributed by atoms with Gasteiger partial charge in [0.05, 0.1) is 22.1 Å². The molecule has 5 rings (SSSR count). The van der Waals surface area contributed by atoms with Gasteiger partial charge in [0, 0.05) is 19.3 Å². The van der Waals surface area contributed by atoms with Gasteiger partial charge in [-0.25, -0.2) is 9.59 Å². The molecule has 0 radical (unpaired) electrons. The van der Waals surface area contributed by atoms with E-state index in [1.807, 2.05) is 13.8 Å². The molecule has 7 atom stereocenters. The van der Waals surface area contributed by atoms with Crippen molar-refractivity contribution in [1.82, 2.24) is 0 Å². The number of fused-ring (bicyclic) bond motifs is 1. The van der Waals surface area contributed by atoms with Crippen molar-refractivity contribution in [2.75, 3.05) is 0 Å². The zero-order valence-corrected chi connectivity index (χ0v) is 23.2. The van der Waals surface area contributed by atoms with Gasteiger partial charge in [-0.1, -0.05) is 36.4 Å². The van der Waals surface area contributed by atoms with E-state index in [1.165, 1.54) is 13.8 Å². The molecule has 1 saturated heterocycles. The summed E-state index contributed by atoms with van der Waals surface area (Å²) in [6.07, 6.45) is -3.85. The fraction of sp³-hybridized carbons (Fsp3) is 0.484. The Morgan fingerprint density at radius 1 is 0.850 bits per heavy atom. The number of ether oxygens (including phenoxy) is 4. The highest BCUT2D eigenvalue weighted by atomic mass is 16.6. The van der Waals surface area contributed by atoms with Crippen LogP contribution in [0.2, 0.25) is 0 Å². The minimum atomic E-state index is -1.89. The van der Waals surface area contributed by atoms with Crippen molar-refractivity contribution in [3.8, 4) is 0 Å². The summed E-state index contributed by atoms with van der Waals surface area (Å²) in [7, 11) is 0. The molecule has 9 heteroatoms. The molecule has 2 aromatic rings. The van der Waals surface area contributed by atoms with Crippen molar-refractivity contribution in [2.24, 2.45) is 11.3 Å². The van der Waals surface area contributed by atoms with E-state index < -0.39 is 76.6 Å². The Morgan fingerprint density at radius 2 is 1.38 bits per heavy atom. The minimum Gasteiger partial charge on any atom is -0.458 e. The Labute approximate surface area is 232 Å². The summed E-state index contributed by atoms with van der Waals surface area (Å²) in [5.74, 6) is -3.08. The summed E-state index contributed by atoms with van der Waals surface area (Å²) in [5, 5.41) is 12.1. The molecule has 0 amide bonds. The number of Topliss-reactive ketones (excluding diaryl/α,β-unsaturated/α-hetero) is 1. The second kappa shape index (κ2) is 9.52. The second-order valence-corrected chi connectivity index (χ2v) is 11.9. The third-order valence-electron chi connectivity index (χ3n) is 8.96. The van der Waals surface area contributed by atoms with Crippen LogP contribution in [-0.2, 0) is 28.5 Å². The van der Waals surface area contributed by atoms with Crippen molar-refractivity contribution in [3.63, 3.8) is 0 Å². The molecular weight excluding hydrogens is 516 g/mol. The molecule has 1 spiro atoms. The number of benzene rings is 2. The molecular formula is C31H34O9. The van der Waals surface area contributed by atoms with Crippen LogP contribution in [0, 0.1) is 11.3 Å². The van der Waals surface area contributed by atoms with Crippen molar-refractivity contribution < 1.29 is 43.2 Å². The molecule has 0 aromatic heterocycles. The molecule has 1 N–H and O–H groups in total. The molecule has 2 saturated carbocycles. The lowest BCUT2D eigenvalue weighted by Gasteiger charge is -2.63. The predicted molar refractivity (Wildman–Crippen MR) is 141 cm³/mol. The SMILES string of the molecule is CC(=O)O[C@H]1C(=O)C[C@](C)(O)[C@]23OC(C)(C)[C@H](C[C@H](OC(=O)c4ccccc4)[C@]12C)[C@H]3OC(=O)c1ccccc1. The largest absolute Gasteiger partial charge is 0.458 e. The Kier molecular flexibility index (Phi) is 6.66. The van der Waals surface area contributed by atoms with E-state index in [0.29, 0.717) is 11.1 Å². The molecule has 2 aliphatic carbocycles. The quantitative estimate of drug-likeness (QED) is 0.438. The smallest absolute Gasteiger partial charge is 0.338 e. The maximum absolute atomic E-state index is 13.5. The molecule has 0 unspecified atom stereocenters. The van der Waals surface area contributed by atoms with E-state index in [0.717, 1.165) is 0 Å². The average Bonchev–Trinajstić information content (AvgIpc) is 3.08. The van der Waals surface area contributed by atoms with Gasteiger partial charge < -0.3 is 24.1 Å². The van der Waals surface area contributed by atoms with E-state index in [-0.39, 0.29) is 6.42 Å². The fourth-order valence-electron chi connectivity index (χ4n) is 7.21. The Morgan fingerprint density at radius 3 is 1.90 bits per heavy atom. The maximum Gasteiger partial charge on any atom is 0.338 e. The highest BCUT2D eigenvalue weighted by Gasteiger charge is 2.84. The van der Waals surface area contributed by atoms with Gasteiger partial charge in [0.25, 0.3) is 0 Å². The highest BCUT2D eigenvalue weighted by Crippen LogP contribution is 2.68. The first-order chi connectivity index (χ1) is 18.7. The summed E-state index contributed by atoms with van der Waals surface area (Å²) in [5.41, 5.74) is -5.69. The first-order valence-corrected chi connectivity index (χ1v) is 13.4. The number of carbonyl (C=O) groups is 4. The average molecular weight is 551 g/mol. The van der Waals surface area contributed by atoms with E-state index in [4.69, 9.17) is 18.9 Å². The normalized spacial score (nSPS) is 35.8. The van der Waals surface area contributed by atoms with E-state index in [1.54, 1.807) is 67.6 Å². The number of ketones is 1. The highest BCUT2D eigenvalue weighted by molar-refractivity contribution is 5.92. The topological polar surface area (TPSA) is 125 Å². The van der Waals surface area contributed by atoms with Gasteiger partial charge in [0.2, 0.25) is 0 Å². The summed E-state index contributed by atoms with van der Waals surface area (Å²) in [6, 6.07) is 16.8. The maximum atomic E-state index is 13.5. The summed E-state index contributed by atoms with van der Waals surface area (Å²) >= 11 is 0. The fourth-order valence-corrected chi connectivity index (χ4v) is 7.21. The molecule has 2 bridgehead atoms. The van der Waals surface area contributed by atoms with Crippen LogP contribution in [0.25, 0.3) is 0 Å². The molecule has 3 aliphatic rings. The zero-order valence-electron chi connectivity index (χ0n) is 23.2. The number of rotatable bonds is 5. The predicted octanol–water partition coefficient (Wildman–Crippen LogP) is 3.67. The first-order valence-electron chi connectivity index (χ1n) is 13.4. The Balaban J connectivity index is 1.68. The van der Waals surface area contributed by atoms with Crippen LogP contribution in [0.15, 0.2) is 60.7 Å². The van der Waals surface area contributed by atoms with Crippen molar-refractivity contribution >= 4 is 23.7 Å². The van der Waals surface area contributed by atoms with Crippen LogP contribution in [0.1, 0.15) is 68.2 Å². The van der Waals surface area contributed by atoms with Crippen LogP contribution in [0.4, 0.5) is 0 Å². The van der Waals surface area contributed by atoms with Crippen LogP contribution in [-0.4, -0.2) is 63.9 Å². The standard InChI is InChI=1S/C31H34O9/c1-18(32)37-25-22(33)17-29(4,36)31-24(39-27(35)20-14-10-7-11-15-20)21(28(2,3)40-31)16-23(30(25,31)5)38-26(34)19-12-8-6-9-13-19/h6-15,21,23-25,36H,16-17H2,1-5H3/t21-,23+,24-,25+,29+,30-,31+/m1/s1. The lowest BCUT2D eigenvalue weighted by Crippen LogP contribution is -2.80. The molecule has 1 heterocycles. The van der Waals surface area contributed by atoms with Gasteiger partial charge in [0.1, 0.15) is 23.4 Å². The lowest BCUT2D eigenvalue weighted by molar-refractivity contribution is -0.314. The van der Waals surface area contributed by atoms with Crippen LogP contribution >= 0.6 is 0 Å². The van der Waals surface area contributed by atoms with Gasteiger partial charge >= 0.3 is 17.9 Å². The number of esters is 3. The Hall–Kier alpha value is -3.56. The molecule has 212 valence electrons. The van der Waals surface area contributed by atoms with Gasteiger partial charge in [-0.05, 0) is 58.4 Å². The monoisotopic (exact) mass is 550 g/mol. The minimum absolute atomic E-state index is 0.123. The van der Waals surface area contributed by atoms with Gasteiger partial charge in [0.15, 0.2) is 11.9 Å². The molecule has 1 aliphatic heterocycles. The lowest BCUT2D eigenvalue weighted by atomic mass is 9.47. The number of hydrogen-bond donors (Lipinski definition) is 1. The molecule has 3 fully saturated rings. The van der Waals surface area contributed by atoms with Crippen molar-refractivity contribution in [1.29, 1.82) is 0 Å². The van der Waals surface area contributed by atoms with Crippen LogP contribution < -0.4 is 0 Å². The van der Waals surface area contributed by atoms with Crippen molar-refractivity contribution in [2.45, 2.75) is 82.6 Å². The van der Waals surface area contributed by atoms with Crippen LogP contribution in [0.5, 0.6) is 0 Å². The second-order valence-electron chi connectivity index (χ2n) is 11.9. The first kappa shape index (κ1) is 28.0.